The zero-order valence-electron chi connectivity index (χ0n) is 11.7. The Morgan fingerprint density at radius 1 is 1.40 bits per heavy atom. The van der Waals surface area contributed by atoms with Crippen LogP contribution in [0.3, 0.4) is 0 Å². The van der Waals surface area contributed by atoms with E-state index in [1.165, 1.54) is 5.56 Å². The van der Waals surface area contributed by atoms with Gasteiger partial charge in [0.05, 0.1) is 6.10 Å². The Morgan fingerprint density at radius 3 is 3.10 bits per heavy atom. The van der Waals surface area contributed by atoms with Gasteiger partial charge < -0.3 is 15.0 Å². The lowest BCUT2D eigenvalue weighted by Gasteiger charge is -2.10. The molecule has 1 atom stereocenters. The van der Waals surface area contributed by atoms with E-state index in [2.05, 4.69) is 23.3 Å². The molecule has 2 heterocycles. The zero-order valence-corrected chi connectivity index (χ0v) is 11.7. The van der Waals surface area contributed by atoms with E-state index in [1.807, 2.05) is 18.2 Å². The fraction of sp³-hybridized carbons (Fsp3) is 0.438. The number of fused-ring (bicyclic) bond motifs is 1. The van der Waals surface area contributed by atoms with Crippen molar-refractivity contribution in [2.24, 2.45) is 0 Å². The molecule has 20 heavy (non-hydrogen) atoms. The lowest BCUT2D eigenvalue weighted by atomic mass is 10.1. The van der Waals surface area contributed by atoms with Crippen molar-refractivity contribution in [1.29, 1.82) is 0 Å². The SMILES string of the molecule is Cc1ccc2[nH]c(=O)c(CNC[C@@H]3CCCO3)cc2c1. The van der Waals surface area contributed by atoms with Gasteiger partial charge in [-0.15, -0.1) is 0 Å². The summed E-state index contributed by atoms with van der Waals surface area (Å²) in [5.41, 5.74) is 2.86. The van der Waals surface area contributed by atoms with Crippen LogP contribution < -0.4 is 10.9 Å². The molecule has 0 radical (unpaired) electrons. The van der Waals surface area contributed by atoms with Crippen molar-refractivity contribution in [3.05, 3.63) is 45.7 Å². The Hall–Kier alpha value is -1.65. The monoisotopic (exact) mass is 272 g/mol. The first-order chi connectivity index (χ1) is 9.72. The number of H-pyrrole nitrogens is 1. The quantitative estimate of drug-likeness (QED) is 0.896. The minimum atomic E-state index is -0.0128. The highest BCUT2D eigenvalue weighted by Gasteiger charge is 2.14. The minimum Gasteiger partial charge on any atom is -0.377 e. The lowest BCUT2D eigenvalue weighted by Crippen LogP contribution is -2.28. The fourth-order valence-corrected chi connectivity index (χ4v) is 2.68. The van der Waals surface area contributed by atoms with Gasteiger partial charge in [-0.25, -0.2) is 0 Å². The molecule has 1 aromatic carbocycles. The molecule has 3 rings (SSSR count). The lowest BCUT2D eigenvalue weighted by molar-refractivity contribution is 0.110. The molecule has 1 aromatic heterocycles. The number of benzene rings is 1. The molecule has 2 N–H and O–H groups in total. The molecule has 0 bridgehead atoms. The molecular formula is C16H20N2O2. The van der Waals surface area contributed by atoms with Gasteiger partial charge in [0, 0.05) is 30.8 Å². The number of nitrogens with one attached hydrogen (secondary N) is 2. The molecule has 0 spiro atoms. The minimum absolute atomic E-state index is 0.0128. The van der Waals surface area contributed by atoms with Crippen LogP contribution in [-0.2, 0) is 11.3 Å². The Kier molecular flexibility index (Phi) is 3.85. The van der Waals surface area contributed by atoms with Crippen molar-refractivity contribution < 1.29 is 4.74 Å². The van der Waals surface area contributed by atoms with E-state index >= 15 is 0 Å². The van der Waals surface area contributed by atoms with Gasteiger partial charge in [-0.1, -0.05) is 11.6 Å². The van der Waals surface area contributed by atoms with Crippen LogP contribution in [0, 0.1) is 6.92 Å². The molecule has 1 aliphatic heterocycles. The molecule has 4 nitrogen and oxygen atoms in total. The molecular weight excluding hydrogens is 252 g/mol. The zero-order chi connectivity index (χ0) is 13.9. The molecule has 0 aliphatic carbocycles. The molecule has 1 saturated heterocycles. The van der Waals surface area contributed by atoms with E-state index in [9.17, 15) is 4.79 Å². The summed E-state index contributed by atoms with van der Waals surface area (Å²) >= 11 is 0. The first kappa shape index (κ1) is 13.3. The average molecular weight is 272 g/mol. The number of rotatable bonds is 4. The molecule has 2 aromatic rings. The van der Waals surface area contributed by atoms with E-state index in [0.717, 1.165) is 42.5 Å². The highest BCUT2D eigenvalue weighted by Crippen LogP contribution is 2.13. The van der Waals surface area contributed by atoms with Crippen molar-refractivity contribution >= 4 is 10.9 Å². The molecule has 0 saturated carbocycles. The Labute approximate surface area is 118 Å². The van der Waals surface area contributed by atoms with Gasteiger partial charge in [0.15, 0.2) is 0 Å². The molecule has 1 aliphatic rings. The van der Waals surface area contributed by atoms with Crippen LogP contribution in [0.5, 0.6) is 0 Å². The Balaban J connectivity index is 1.73. The maximum Gasteiger partial charge on any atom is 0.252 e. The number of hydrogen-bond acceptors (Lipinski definition) is 3. The third-order valence-electron chi connectivity index (χ3n) is 3.79. The smallest absolute Gasteiger partial charge is 0.252 e. The summed E-state index contributed by atoms with van der Waals surface area (Å²) in [6, 6.07) is 8.03. The summed E-state index contributed by atoms with van der Waals surface area (Å²) in [5, 5.41) is 4.40. The van der Waals surface area contributed by atoms with Crippen molar-refractivity contribution in [2.75, 3.05) is 13.2 Å². The van der Waals surface area contributed by atoms with Crippen LogP contribution in [0.25, 0.3) is 10.9 Å². The van der Waals surface area contributed by atoms with E-state index in [-0.39, 0.29) is 5.56 Å². The van der Waals surface area contributed by atoms with Crippen molar-refractivity contribution in [3.8, 4) is 0 Å². The van der Waals surface area contributed by atoms with Crippen LogP contribution in [0.4, 0.5) is 0 Å². The fourth-order valence-electron chi connectivity index (χ4n) is 2.68. The normalized spacial score (nSPS) is 18.8. The maximum absolute atomic E-state index is 12.0. The number of aromatic amines is 1. The van der Waals surface area contributed by atoms with E-state index < -0.39 is 0 Å². The van der Waals surface area contributed by atoms with E-state index in [1.54, 1.807) is 0 Å². The molecule has 0 unspecified atom stereocenters. The maximum atomic E-state index is 12.0. The Morgan fingerprint density at radius 2 is 2.30 bits per heavy atom. The Bertz CT molecular complexity index is 657. The summed E-state index contributed by atoms with van der Waals surface area (Å²) in [4.78, 5) is 15.0. The number of aryl methyl sites for hydroxylation is 1. The predicted molar refractivity (Wildman–Crippen MR) is 80.0 cm³/mol. The van der Waals surface area contributed by atoms with Crippen molar-refractivity contribution in [2.45, 2.75) is 32.4 Å². The molecule has 0 amide bonds. The van der Waals surface area contributed by atoms with Crippen LogP contribution in [0.1, 0.15) is 24.0 Å². The molecule has 1 fully saturated rings. The average Bonchev–Trinajstić information content (AvgIpc) is 2.93. The van der Waals surface area contributed by atoms with Crippen LogP contribution >= 0.6 is 0 Å². The van der Waals surface area contributed by atoms with E-state index in [0.29, 0.717) is 12.6 Å². The van der Waals surface area contributed by atoms with Gasteiger partial charge in [-0.2, -0.15) is 0 Å². The van der Waals surface area contributed by atoms with Gasteiger partial charge in [-0.3, -0.25) is 4.79 Å². The molecule has 106 valence electrons. The van der Waals surface area contributed by atoms with Crippen LogP contribution in [0.15, 0.2) is 29.1 Å². The number of hydrogen-bond donors (Lipinski definition) is 2. The third-order valence-corrected chi connectivity index (χ3v) is 3.79. The largest absolute Gasteiger partial charge is 0.377 e. The van der Waals surface area contributed by atoms with Gasteiger partial charge in [0.25, 0.3) is 5.56 Å². The predicted octanol–water partition coefficient (Wildman–Crippen LogP) is 2.11. The summed E-state index contributed by atoms with van der Waals surface area (Å²) in [6.07, 6.45) is 2.56. The van der Waals surface area contributed by atoms with Crippen molar-refractivity contribution in [3.63, 3.8) is 0 Å². The second kappa shape index (κ2) is 5.77. The van der Waals surface area contributed by atoms with E-state index in [4.69, 9.17) is 4.74 Å². The van der Waals surface area contributed by atoms with Crippen molar-refractivity contribution in [1.82, 2.24) is 10.3 Å². The summed E-state index contributed by atoms with van der Waals surface area (Å²) in [5.74, 6) is 0. The number of aromatic nitrogens is 1. The van der Waals surface area contributed by atoms with Gasteiger partial charge in [-0.05, 0) is 43.4 Å². The first-order valence-corrected chi connectivity index (χ1v) is 7.17. The van der Waals surface area contributed by atoms with Crippen LogP contribution in [0.2, 0.25) is 0 Å². The van der Waals surface area contributed by atoms with Gasteiger partial charge >= 0.3 is 0 Å². The summed E-state index contributed by atoms with van der Waals surface area (Å²) in [7, 11) is 0. The summed E-state index contributed by atoms with van der Waals surface area (Å²) < 4.78 is 5.56. The van der Waals surface area contributed by atoms with Crippen LogP contribution in [-0.4, -0.2) is 24.2 Å². The van der Waals surface area contributed by atoms with Gasteiger partial charge in [0.1, 0.15) is 0 Å². The van der Waals surface area contributed by atoms with Gasteiger partial charge in [0.2, 0.25) is 0 Å². The number of pyridine rings is 1. The highest BCUT2D eigenvalue weighted by molar-refractivity contribution is 5.79. The topological polar surface area (TPSA) is 54.1 Å². The first-order valence-electron chi connectivity index (χ1n) is 7.17. The standard InChI is InChI=1S/C16H20N2O2/c1-11-4-5-15-12(7-11)8-13(16(19)18-15)9-17-10-14-3-2-6-20-14/h4-5,7-8,14,17H,2-3,6,9-10H2,1H3,(H,18,19)/t14-/m0/s1. The number of ether oxygens (including phenoxy) is 1. The second-order valence-electron chi connectivity index (χ2n) is 5.48. The summed E-state index contributed by atoms with van der Waals surface area (Å²) in [6.45, 7) is 4.31. The highest BCUT2D eigenvalue weighted by atomic mass is 16.5. The molecule has 4 heteroatoms. The third kappa shape index (κ3) is 2.92. The second-order valence-corrected chi connectivity index (χ2v) is 5.48.